The van der Waals surface area contributed by atoms with Crippen LogP contribution in [0.5, 0.6) is 0 Å². The van der Waals surface area contributed by atoms with Gasteiger partial charge in [0, 0.05) is 11.2 Å². The van der Waals surface area contributed by atoms with Gasteiger partial charge >= 0.3 is 0 Å². The van der Waals surface area contributed by atoms with Crippen molar-refractivity contribution in [2.45, 2.75) is 24.8 Å². The first-order valence-electron chi connectivity index (χ1n) is 4.36. The molecule has 0 heterocycles. The molecule has 1 aliphatic rings. The Labute approximate surface area is 72.6 Å². The average Bonchev–Trinajstić information content (AvgIpc) is 2.01. The van der Waals surface area contributed by atoms with Crippen molar-refractivity contribution < 1.29 is 0 Å². The first-order chi connectivity index (χ1) is 5.72. The third-order valence-corrected chi connectivity index (χ3v) is 2.74. The van der Waals surface area contributed by atoms with E-state index in [2.05, 4.69) is 0 Å². The molecule has 0 saturated heterocycles. The van der Waals surface area contributed by atoms with Crippen LogP contribution in [-0.4, -0.2) is 0 Å². The van der Waals surface area contributed by atoms with Crippen LogP contribution in [0.4, 0.5) is 5.69 Å². The molecule has 12 heavy (non-hydrogen) atoms. The lowest BCUT2D eigenvalue weighted by Gasteiger charge is -2.39. The van der Waals surface area contributed by atoms with Gasteiger partial charge in [0.2, 0.25) is 0 Å². The van der Waals surface area contributed by atoms with E-state index in [-0.39, 0.29) is 5.54 Å². The monoisotopic (exact) mass is 162 g/mol. The molecule has 2 nitrogen and oxygen atoms in total. The average molecular weight is 162 g/mol. The lowest BCUT2D eigenvalue weighted by atomic mass is 9.72. The summed E-state index contributed by atoms with van der Waals surface area (Å²) in [5.74, 6) is 0. The number of nitrogen functional groups attached to an aromatic ring is 1. The molecule has 1 saturated carbocycles. The number of rotatable bonds is 1. The number of hydrogen-bond donors (Lipinski definition) is 2. The lowest BCUT2D eigenvalue weighted by Crippen LogP contribution is -2.43. The standard InChI is InChI=1S/C10H14N2/c11-9-5-2-1-4-8(9)10(12)6-3-7-10/h1-2,4-5H,3,6-7,11-12H2. The van der Waals surface area contributed by atoms with Gasteiger partial charge in [-0.15, -0.1) is 0 Å². The second-order valence-corrected chi connectivity index (χ2v) is 3.60. The fourth-order valence-corrected chi connectivity index (χ4v) is 1.78. The maximum absolute atomic E-state index is 6.14. The fraction of sp³-hybridized carbons (Fsp3) is 0.400. The Morgan fingerprint density at radius 3 is 2.33 bits per heavy atom. The summed E-state index contributed by atoms with van der Waals surface area (Å²) < 4.78 is 0. The summed E-state index contributed by atoms with van der Waals surface area (Å²) >= 11 is 0. The number of anilines is 1. The van der Waals surface area contributed by atoms with Crippen LogP contribution in [0, 0.1) is 0 Å². The quantitative estimate of drug-likeness (QED) is 0.616. The lowest BCUT2D eigenvalue weighted by molar-refractivity contribution is 0.254. The molecule has 1 aromatic carbocycles. The predicted molar refractivity (Wildman–Crippen MR) is 50.6 cm³/mol. The molecule has 64 valence electrons. The zero-order valence-electron chi connectivity index (χ0n) is 7.09. The van der Waals surface area contributed by atoms with Crippen molar-refractivity contribution in [3.63, 3.8) is 0 Å². The number of para-hydroxylation sites is 1. The summed E-state index contributed by atoms with van der Waals surface area (Å²) in [7, 11) is 0. The van der Waals surface area contributed by atoms with E-state index in [1.807, 2.05) is 24.3 Å². The topological polar surface area (TPSA) is 52.0 Å². The molecule has 0 spiro atoms. The molecule has 1 fully saturated rings. The summed E-state index contributed by atoms with van der Waals surface area (Å²) in [6.07, 6.45) is 3.37. The second-order valence-electron chi connectivity index (χ2n) is 3.60. The smallest absolute Gasteiger partial charge is 0.0430 e. The minimum absolute atomic E-state index is 0.120. The maximum atomic E-state index is 6.14. The van der Waals surface area contributed by atoms with Crippen molar-refractivity contribution in [1.29, 1.82) is 0 Å². The van der Waals surface area contributed by atoms with Crippen LogP contribution >= 0.6 is 0 Å². The first kappa shape index (κ1) is 7.62. The largest absolute Gasteiger partial charge is 0.398 e. The van der Waals surface area contributed by atoms with E-state index in [0.717, 1.165) is 24.1 Å². The van der Waals surface area contributed by atoms with E-state index in [9.17, 15) is 0 Å². The van der Waals surface area contributed by atoms with Crippen molar-refractivity contribution in [3.05, 3.63) is 29.8 Å². The highest BCUT2D eigenvalue weighted by Gasteiger charge is 2.35. The van der Waals surface area contributed by atoms with Gasteiger partial charge in [0.1, 0.15) is 0 Å². The van der Waals surface area contributed by atoms with Gasteiger partial charge in [0.25, 0.3) is 0 Å². The van der Waals surface area contributed by atoms with Crippen LogP contribution in [0.15, 0.2) is 24.3 Å². The summed E-state index contributed by atoms with van der Waals surface area (Å²) in [6.45, 7) is 0. The Morgan fingerprint density at radius 2 is 1.83 bits per heavy atom. The molecule has 2 rings (SSSR count). The fourth-order valence-electron chi connectivity index (χ4n) is 1.78. The van der Waals surface area contributed by atoms with E-state index in [1.54, 1.807) is 0 Å². The molecule has 0 unspecified atom stereocenters. The van der Waals surface area contributed by atoms with E-state index in [1.165, 1.54) is 6.42 Å². The summed E-state index contributed by atoms with van der Waals surface area (Å²) in [4.78, 5) is 0. The van der Waals surface area contributed by atoms with Crippen LogP contribution in [0.3, 0.4) is 0 Å². The minimum Gasteiger partial charge on any atom is -0.398 e. The van der Waals surface area contributed by atoms with Crippen LogP contribution in [-0.2, 0) is 5.54 Å². The van der Waals surface area contributed by atoms with Crippen LogP contribution in [0.2, 0.25) is 0 Å². The predicted octanol–water partition coefficient (Wildman–Crippen LogP) is 1.61. The van der Waals surface area contributed by atoms with Gasteiger partial charge in [-0.25, -0.2) is 0 Å². The Balaban J connectivity index is 2.39. The third-order valence-electron chi connectivity index (χ3n) is 2.74. The van der Waals surface area contributed by atoms with Crippen LogP contribution in [0.25, 0.3) is 0 Å². The highest BCUT2D eigenvalue weighted by Crippen LogP contribution is 2.40. The van der Waals surface area contributed by atoms with Crippen molar-refractivity contribution in [1.82, 2.24) is 0 Å². The van der Waals surface area contributed by atoms with E-state index < -0.39 is 0 Å². The highest BCUT2D eigenvalue weighted by molar-refractivity contribution is 5.50. The Kier molecular flexibility index (Phi) is 1.58. The van der Waals surface area contributed by atoms with Gasteiger partial charge in [-0.3, -0.25) is 0 Å². The molecule has 0 aliphatic heterocycles. The second kappa shape index (κ2) is 2.49. The number of hydrogen-bond acceptors (Lipinski definition) is 2. The van der Waals surface area contributed by atoms with Gasteiger partial charge in [0.15, 0.2) is 0 Å². The van der Waals surface area contributed by atoms with Gasteiger partial charge < -0.3 is 11.5 Å². The first-order valence-corrected chi connectivity index (χ1v) is 4.36. The molecule has 0 bridgehead atoms. The SMILES string of the molecule is Nc1ccccc1C1(N)CCC1. The van der Waals surface area contributed by atoms with Crippen LogP contribution in [0.1, 0.15) is 24.8 Å². The van der Waals surface area contributed by atoms with Crippen LogP contribution < -0.4 is 11.5 Å². The molecule has 0 aromatic heterocycles. The Bertz CT molecular complexity index is 290. The van der Waals surface area contributed by atoms with E-state index in [0.29, 0.717) is 0 Å². The number of nitrogens with two attached hydrogens (primary N) is 2. The van der Waals surface area contributed by atoms with Gasteiger partial charge in [-0.2, -0.15) is 0 Å². The molecular formula is C10H14N2. The van der Waals surface area contributed by atoms with E-state index in [4.69, 9.17) is 11.5 Å². The molecule has 1 aliphatic carbocycles. The molecule has 0 atom stereocenters. The molecule has 1 aromatic rings. The van der Waals surface area contributed by atoms with Crippen molar-refractivity contribution >= 4 is 5.69 Å². The van der Waals surface area contributed by atoms with Gasteiger partial charge in [-0.05, 0) is 30.9 Å². The maximum Gasteiger partial charge on any atom is 0.0430 e. The van der Waals surface area contributed by atoms with E-state index >= 15 is 0 Å². The van der Waals surface area contributed by atoms with Gasteiger partial charge in [0.05, 0.1) is 0 Å². The molecule has 0 radical (unpaired) electrons. The minimum atomic E-state index is -0.120. The Hall–Kier alpha value is -1.02. The molecule has 4 N–H and O–H groups in total. The van der Waals surface area contributed by atoms with Crippen molar-refractivity contribution in [2.24, 2.45) is 5.73 Å². The zero-order valence-corrected chi connectivity index (χ0v) is 7.09. The zero-order chi connectivity index (χ0) is 8.60. The number of benzene rings is 1. The Morgan fingerprint density at radius 1 is 1.17 bits per heavy atom. The summed E-state index contributed by atoms with van der Waals surface area (Å²) in [5, 5.41) is 0. The molecule has 2 heteroatoms. The van der Waals surface area contributed by atoms with Crippen molar-refractivity contribution in [3.8, 4) is 0 Å². The summed E-state index contributed by atoms with van der Waals surface area (Å²) in [5.41, 5.74) is 13.8. The normalized spacial score (nSPS) is 20.1. The molecule has 0 amide bonds. The summed E-state index contributed by atoms with van der Waals surface area (Å²) in [6, 6.07) is 7.90. The van der Waals surface area contributed by atoms with Crippen molar-refractivity contribution in [2.75, 3.05) is 5.73 Å². The van der Waals surface area contributed by atoms with Gasteiger partial charge in [-0.1, -0.05) is 18.2 Å². The third kappa shape index (κ3) is 0.994. The molecular weight excluding hydrogens is 148 g/mol. The highest BCUT2D eigenvalue weighted by atomic mass is 14.8.